The lowest BCUT2D eigenvalue weighted by molar-refractivity contribution is -0.123. The number of thiophene rings is 1. The molecule has 0 unspecified atom stereocenters. The van der Waals surface area contributed by atoms with Crippen LogP contribution >= 0.6 is 22.9 Å². The topological polar surface area (TPSA) is 67.4 Å². The van der Waals surface area contributed by atoms with Crippen LogP contribution in [0.15, 0.2) is 36.4 Å². The highest BCUT2D eigenvalue weighted by Crippen LogP contribution is 2.35. The lowest BCUT2D eigenvalue weighted by Gasteiger charge is -2.09. The van der Waals surface area contributed by atoms with Gasteiger partial charge in [-0.1, -0.05) is 17.7 Å². The molecule has 1 aromatic heterocycles. The second kappa shape index (κ2) is 7.94. The molecule has 3 aromatic rings. The first-order valence-electron chi connectivity index (χ1n) is 8.02. The first-order chi connectivity index (χ1) is 12.8. The van der Waals surface area contributed by atoms with Crippen LogP contribution in [-0.2, 0) is 4.79 Å². The Morgan fingerprint density at radius 1 is 1.11 bits per heavy atom. The molecule has 8 heteroatoms. The van der Waals surface area contributed by atoms with Crippen molar-refractivity contribution in [2.75, 3.05) is 6.61 Å². The molecule has 0 saturated heterocycles. The zero-order valence-electron chi connectivity index (χ0n) is 14.6. The van der Waals surface area contributed by atoms with Crippen LogP contribution in [0, 0.1) is 19.7 Å². The van der Waals surface area contributed by atoms with Gasteiger partial charge in [-0.3, -0.25) is 20.4 Å². The van der Waals surface area contributed by atoms with Crippen molar-refractivity contribution in [1.82, 2.24) is 10.9 Å². The van der Waals surface area contributed by atoms with Crippen molar-refractivity contribution >= 4 is 44.8 Å². The fraction of sp³-hybridized carbons (Fsp3) is 0.158. The van der Waals surface area contributed by atoms with E-state index in [1.165, 1.54) is 18.2 Å². The number of rotatable bonds is 4. The summed E-state index contributed by atoms with van der Waals surface area (Å²) in [5, 5.41) is 0.797. The maximum Gasteiger partial charge on any atom is 0.281 e. The zero-order valence-corrected chi connectivity index (χ0v) is 16.1. The van der Waals surface area contributed by atoms with Crippen LogP contribution in [0.1, 0.15) is 20.8 Å². The zero-order chi connectivity index (χ0) is 19.6. The molecule has 5 nitrogen and oxygen atoms in total. The molecule has 1 heterocycles. The molecule has 3 rings (SSSR count). The molecule has 0 spiro atoms. The van der Waals surface area contributed by atoms with Crippen LogP contribution in [0.3, 0.4) is 0 Å². The Morgan fingerprint density at radius 3 is 2.63 bits per heavy atom. The molecule has 0 fully saturated rings. The van der Waals surface area contributed by atoms with Crippen LogP contribution in [-0.4, -0.2) is 18.4 Å². The number of hydrogen-bond donors (Lipinski definition) is 2. The molecule has 0 aliphatic heterocycles. The molecule has 2 aromatic carbocycles. The number of carbonyl (C=O) groups excluding carboxylic acids is 2. The van der Waals surface area contributed by atoms with Crippen molar-refractivity contribution in [2.45, 2.75) is 13.8 Å². The molecule has 0 atom stereocenters. The summed E-state index contributed by atoms with van der Waals surface area (Å²) >= 11 is 7.22. The third-order valence-electron chi connectivity index (χ3n) is 3.96. The van der Waals surface area contributed by atoms with Crippen molar-refractivity contribution in [3.05, 3.63) is 63.2 Å². The van der Waals surface area contributed by atoms with E-state index >= 15 is 0 Å². The number of amides is 2. The molecular formula is C19H16ClFN2O3S. The summed E-state index contributed by atoms with van der Waals surface area (Å²) in [5.74, 6) is -0.954. The molecule has 2 N–H and O–H groups in total. The van der Waals surface area contributed by atoms with E-state index in [9.17, 15) is 14.0 Å². The van der Waals surface area contributed by atoms with E-state index in [-0.39, 0.29) is 16.5 Å². The molecule has 140 valence electrons. The monoisotopic (exact) mass is 406 g/mol. The highest BCUT2D eigenvalue weighted by molar-refractivity contribution is 7.21. The van der Waals surface area contributed by atoms with Gasteiger partial charge in [0.25, 0.3) is 11.8 Å². The fourth-order valence-electron chi connectivity index (χ4n) is 2.36. The van der Waals surface area contributed by atoms with E-state index in [1.54, 1.807) is 6.07 Å². The Kier molecular flexibility index (Phi) is 5.62. The average Bonchev–Trinajstić information content (AvgIpc) is 2.96. The Balaban J connectivity index is 1.57. The SMILES string of the molecule is Cc1ccc(OCC(=O)NNC(=O)c2sc3cc(F)ccc3c2Cl)cc1C. The second-order valence-electron chi connectivity index (χ2n) is 5.92. The number of hydrogen-bond acceptors (Lipinski definition) is 4. The summed E-state index contributed by atoms with van der Waals surface area (Å²) in [5.41, 5.74) is 6.73. The van der Waals surface area contributed by atoms with Crippen molar-refractivity contribution < 1.29 is 18.7 Å². The summed E-state index contributed by atoms with van der Waals surface area (Å²) in [6.07, 6.45) is 0. The quantitative estimate of drug-likeness (QED) is 0.639. The Hall–Kier alpha value is -2.64. The molecule has 0 bridgehead atoms. The van der Waals surface area contributed by atoms with Crippen LogP contribution in [0.4, 0.5) is 4.39 Å². The summed E-state index contributed by atoms with van der Waals surface area (Å²) in [6, 6.07) is 9.58. The Bertz CT molecular complexity index is 1040. The minimum atomic E-state index is -0.582. The van der Waals surface area contributed by atoms with Gasteiger partial charge in [-0.25, -0.2) is 4.39 Å². The number of benzene rings is 2. The second-order valence-corrected chi connectivity index (χ2v) is 7.35. The van der Waals surface area contributed by atoms with Crippen molar-refractivity contribution in [3.63, 3.8) is 0 Å². The highest BCUT2D eigenvalue weighted by atomic mass is 35.5. The molecule has 0 saturated carbocycles. The van der Waals surface area contributed by atoms with E-state index in [0.29, 0.717) is 15.8 Å². The molecule has 27 heavy (non-hydrogen) atoms. The number of nitrogens with one attached hydrogen (secondary N) is 2. The third-order valence-corrected chi connectivity index (χ3v) is 5.62. The van der Waals surface area contributed by atoms with Crippen LogP contribution < -0.4 is 15.6 Å². The minimum Gasteiger partial charge on any atom is -0.484 e. The Morgan fingerprint density at radius 2 is 1.89 bits per heavy atom. The lowest BCUT2D eigenvalue weighted by atomic mass is 10.1. The van der Waals surface area contributed by atoms with Crippen LogP contribution in [0.25, 0.3) is 10.1 Å². The van der Waals surface area contributed by atoms with Gasteiger partial charge in [0.1, 0.15) is 16.4 Å². The van der Waals surface area contributed by atoms with Crippen molar-refractivity contribution in [2.24, 2.45) is 0 Å². The number of carbonyl (C=O) groups is 2. The number of ether oxygens (including phenoxy) is 1. The number of halogens is 2. The molecular weight excluding hydrogens is 391 g/mol. The predicted molar refractivity (Wildman–Crippen MR) is 104 cm³/mol. The standard InChI is InChI=1S/C19H16ClFN2O3S/c1-10-3-5-13(7-11(10)2)26-9-16(24)22-23-19(25)18-17(20)14-6-4-12(21)8-15(14)27-18/h3-8H,9H2,1-2H3,(H,22,24)(H,23,25). The van der Waals surface area contributed by atoms with E-state index in [1.807, 2.05) is 26.0 Å². The smallest absolute Gasteiger partial charge is 0.281 e. The van der Waals surface area contributed by atoms with E-state index in [0.717, 1.165) is 22.5 Å². The van der Waals surface area contributed by atoms with Crippen LogP contribution in [0.5, 0.6) is 5.75 Å². The number of aryl methyl sites for hydroxylation is 2. The Labute approximate surface area is 164 Å². The van der Waals surface area contributed by atoms with Crippen LogP contribution in [0.2, 0.25) is 5.02 Å². The first kappa shape index (κ1) is 19.1. The summed E-state index contributed by atoms with van der Waals surface area (Å²) in [6.45, 7) is 3.67. The number of fused-ring (bicyclic) bond motifs is 1. The summed E-state index contributed by atoms with van der Waals surface area (Å²) < 4.78 is 19.2. The van der Waals surface area contributed by atoms with Gasteiger partial charge in [0.2, 0.25) is 0 Å². The van der Waals surface area contributed by atoms with E-state index < -0.39 is 17.6 Å². The van der Waals surface area contributed by atoms with Gasteiger partial charge < -0.3 is 4.74 Å². The van der Waals surface area contributed by atoms with E-state index in [4.69, 9.17) is 16.3 Å². The molecule has 2 amide bonds. The number of hydrazine groups is 1. The van der Waals surface area contributed by atoms with Gasteiger partial charge in [0.15, 0.2) is 6.61 Å². The highest BCUT2D eigenvalue weighted by Gasteiger charge is 2.18. The molecule has 0 aliphatic carbocycles. The van der Waals surface area contributed by atoms with Gasteiger partial charge in [-0.2, -0.15) is 0 Å². The van der Waals surface area contributed by atoms with Gasteiger partial charge in [-0.05, 0) is 55.3 Å². The minimum absolute atomic E-state index is 0.188. The molecule has 0 aliphatic rings. The van der Waals surface area contributed by atoms with Gasteiger partial charge in [0, 0.05) is 10.1 Å². The summed E-state index contributed by atoms with van der Waals surface area (Å²) in [7, 11) is 0. The van der Waals surface area contributed by atoms with Gasteiger partial charge in [-0.15, -0.1) is 11.3 Å². The molecule has 0 radical (unpaired) electrons. The first-order valence-corrected chi connectivity index (χ1v) is 9.21. The summed E-state index contributed by atoms with van der Waals surface area (Å²) in [4.78, 5) is 24.3. The predicted octanol–water partition coefficient (Wildman–Crippen LogP) is 4.15. The van der Waals surface area contributed by atoms with E-state index in [2.05, 4.69) is 10.9 Å². The normalized spacial score (nSPS) is 10.7. The largest absolute Gasteiger partial charge is 0.484 e. The maximum atomic E-state index is 13.3. The average molecular weight is 407 g/mol. The third kappa shape index (κ3) is 4.37. The van der Waals surface area contributed by atoms with Gasteiger partial charge in [0.05, 0.1) is 5.02 Å². The lowest BCUT2D eigenvalue weighted by Crippen LogP contribution is -2.43. The van der Waals surface area contributed by atoms with Gasteiger partial charge >= 0.3 is 0 Å². The maximum absolute atomic E-state index is 13.3. The van der Waals surface area contributed by atoms with Crippen molar-refractivity contribution in [1.29, 1.82) is 0 Å². The fourth-order valence-corrected chi connectivity index (χ4v) is 3.79. The van der Waals surface area contributed by atoms with Crippen molar-refractivity contribution in [3.8, 4) is 5.75 Å².